The van der Waals surface area contributed by atoms with Gasteiger partial charge in [0.1, 0.15) is 10.5 Å². The van der Waals surface area contributed by atoms with Gasteiger partial charge in [-0.2, -0.15) is 0 Å². The van der Waals surface area contributed by atoms with Crippen molar-refractivity contribution in [3.63, 3.8) is 0 Å². The SMILES string of the molecule is Cc1nc2cc(-c3ncc(CCO)s3)ccc2o1. The normalized spacial score (nSPS) is 11.2. The molecule has 1 aromatic carbocycles. The number of benzene rings is 1. The molecule has 18 heavy (non-hydrogen) atoms. The molecule has 0 saturated heterocycles. The molecule has 0 aliphatic heterocycles. The van der Waals surface area contributed by atoms with Crippen LogP contribution in [0, 0.1) is 6.92 Å². The third kappa shape index (κ3) is 2.02. The van der Waals surface area contributed by atoms with Crippen molar-refractivity contribution in [2.75, 3.05) is 6.61 Å². The van der Waals surface area contributed by atoms with Crippen LogP contribution in [0.5, 0.6) is 0 Å². The number of nitrogens with zero attached hydrogens (tertiary/aromatic N) is 2. The van der Waals surface area contributed by atoms with E-state index in [4.69, 9.17) is 9.52 Å². The number of thiazole rings is 1. The molecule has 0 saturated carbocycles. The Hall–Kier alpha value is -1.72. The minimum Gasteiger partial charge on any atom is -0.441 e. The quantitative estimate of drug-likeness (QED) is 0.786. The lowest BCUT2D eigenvalue weighted by atomic mass is 10.2. The molecule has 2 heterocycles. The predicted molar refractivity (Wildman–Crippen MR) is 70.6 cm³/mol. The van der Waals surface area contributed by atoms with Crippen molar-refractivity contribution in [1.82, 2.24) is 9.97 Å². The average Bonchev–Trinajstić information content (AvgIpc) is 2.93. The molecule has 0 radical (unpaired) electrons. The predicted octanol–water partition coefficient (Wildman–Crippen LogP) is 2.79. The molecule has 3 rings (SSSR count). The van der Waals surface area contributed by atoms with Crippen molar-refractivity contribution in [2.45, 2.75) is 13.3 Å². The molecule has 5 heteroatoms. The molecule has 0 fully saturated rings. The highest BCUT2D eigenvalue weighted by atomic mass is 32.1. The van der Waals surface area contributed by atoms with E-state index in [0.29, 0.717) is 12.3 Å². The highest BCUT2D eigenvalue weighted by molar-refractivity contribution is 7.15. The number of aliphatic hydroxyl groups excluding tert-OH is 1. The summed E-state index contributed by atoms with van der Waals surface area (Å²) >= 11 is 1.60. The van der Waals surface area contributed by atoms with Crippen molar-refractivity contribution in [3.8, 4) is 10.6 Å². The van der Waals surface area contributed by atoms with Crippen LogP contribution in [0.3, 0.4) is 0 Å². The van der Waals surface area contributed by atoms with E-state index in [1.165, 1.54) is 0 Å². The van der Waals surface area contributed by atoms with E-state index < -0.39 is 0 Å². The van der Waals surface area contributed by atoms with Crippen molar-refractivity contribution in [1.29, 1.82) is 0 Å². The van der Waals surface area contributed by atoms with Gasteiger partial charge in [-0.1, -0.05) is 0 Å². The number of aromatic nitrogens is 2. The molecule has 0 atom stereocenters. The van der Waals surface area contributed by atoms with E-state index in [-0.39, 0.29) is 6.61 Å². The number of hydrogen-bond donors (Lipinski definition) is 1. The van der Waals surface area contributed by atoms with Gasteiger partial charge in [-0.3, -0.25) is 0 Å². The van der Waals surface area contributed by atoms with Crippen molar-refractivity contribution in [2.24, 2.45) is 0 Å². The fourth-order valence-electron chi connectivity index (χ4n) is 1.84. The number of hydrogen-bond acceptors (Lipinski definition) is 5. The summed E-state index contributed by atoms with van der Waals surface area (Å²) < 4.78 is 5.44. The third-order valence-electron chi connectivity index (χ3n) is 2.65. The lowest BCUT2D eigenvalue weighted by molar-refractivity contribution is 0.300. The fourth-order valence-corrected chi connectivity index (χ4v) is 2.74. The van der Waals surface area contributed by atoms with Crippen molar-refractivity contribution >= 4 is 22.4 Å². The maximum Gasteiger partial charge on any atom is 0.192 e. The largest absolute Gasteiger partial charge is 0.441 e. The van der Waals surface area contributed by atoms with Gasteiger partial charge < -0.3 is 9.52 Å². The van der Waals surface area contributed by atoms with E-state index in [1.807, 2.05) is 31.3 Å². The topological polar surface area (TPSA) is 59.2 Å². The highest BCUT2D eigenvalue weighted by Crippen LogP contribution is 2.28. The molecule has 92 valence electrons. The first-order valence-corrected chi connectivity index (χ1v) is 6.51. The lowest BCUT2D eigenvalue weighted by Crippen LogP contribution is -1.84. The summed E-state index contributed by atoms with van der Waals surface area (Å²) in [5, 5.41) is 9.85. The smallest absolute Gasteiger partial charge is 0.192 e. The number of aryl methyl sites for hydroxylation is 1. The zero-order chi connectivity index (χ0) is 12.5. The molecule has 0 spiro atoms. The molecule has 0 amide bonds. The van der Waals surface area contributed by atoms with Gasteiger partial charge in [0.25, 0.3) is 0 Å². The van der Waals surface area contributed by atoms with Gasteiger partial charge in [-0.25, -0.2) is 9.97 Å². The molecule has 0 unspecified atom stereocenters. The molecule has 4 nitrogen and oxygen atoms in total. The summed E-state index contributed by atoms with van der Waals surface area (Å²) in [7, 11) is 0. The Balaban J connectivity index is 2.01. The Morgan fingerprint density at radius 2 is 2.28 bits per heavy atom. The maximum atomic E-state index is 8.90. The average molecular weight is 260 g/mol. The molecule has 2 aromatic heterocycles. The summed E-state index contributed by atoms with van der Waals surface area (Å²) in [6.45, 7) is 1.99. The van der Waals surface area contributed by atoms with Gasteiger partial charge in [-0.15, -0.1) is 11.3 Å². The Morgan fingerprint density at radius 3 is 3.11 bits per heavy atom. The molecule has 0 bridgehead atoms. The Morgan fingerprint density at radius 1 is 1.39 bits per heavy atom. The Labute approximate surface area is 108 Å². The standard InChI is InChI=1S/C13H12N2O2S/c1-8-15-11-6-9(2-3-12(11)17-8)13-14-7-10(18-13)4-5-16/h2-3,6-7,16H,4-5H2,1H3. The van der Waals surface area contributed by atoms with Gasteiger partial charge >= 0.3 is 0 Å². The summed E-state index contributed by atoms with van der Waals surface area (Å²) in [6.07, 6.45) is 2.47. The van der Waals surface area contributed by atoms with E-state index in [0.717, 1.165) is 26.5 Å². The molecule has 0 aliphatic carbocycles. The van der Waals surface area contributed by atoms with E-state index in [9.17, 15) is 0 Å². The fraction of sp³-hybridized carbons (Fsp3) is 0.231. The van der Waals surface area contributed by atoms with E-state index in [1.54, 1.807) is 11.3 Å². The van der Waals surface area contributed by atoms with Crippen LogP contribution in [0.2, 0.25) is 0 Å². The maximum absolute atomic E-state index is 8.90. The zero-order valence-corrected chi connectivity index (χ0v) is 10.7. The van der Waals surface area contributed by atoms with Crippen LogP contribution in [0.4, 0.5) is 0 Å². The first-order chi connectivity index (χ1) is 8.76. The van der Waals surface area contributed by atoms with Gasteiger partial charge in [-0.05, 0) is 18.2 Å². The second-order valence-electron chi connectivity index (χ2n) is 4.02. The van der Waals surface area contributed by atoms with Crippen LogP contribution in [0.15, 0.2) is 28.8 Å². The summed E-state index contributed by atoms with van der Waals surface area (Å²) in [5.74, 6) is 0.669. The van der Waals surface area contributed by atoms with Crippen LogP contribution >= 0.6 is 11.3 Å². The van der Waals surface area contributed by atoms with E-state index in [2.05, 4.69) is 9.97 Å². The number of oxazole rings is 1. The van der Waals surface area contributed by atoms with Gasteiger partial charge in [0.2, 0.25) is 0 Å². The second-order valence-corrected chi connectivity index (χ2v) is 5.14. The zero-order valence-electron chi connectivity index (χ0n) is 9.88. The van der Waals surface area contributed by atoms with Crippen LogP contribution in [-0.2, 0) is 6.42 Å². The van der Waals surface area contributed by atoms with Gasteiger partial charge in [0.05, 0.1) is 0 Å². The Bertz CT molecular complexity index is 687. The van der Waals surface area contributed by atoms with Gasteiger partial charge in [0.15, 0.2) is 11.5 Å². The number of aliphatic hydroxyl groups is 1. The molecule has 0 aliphatic rings. The minimum absolute atomic E-state index is 0.156. The van der Waals surface area contributed by atoms with Crippen LogP contribution in [-0.4, -0.2) is 21.7 Å². The first-order valence-electron chi connectivity index (χ1n) is 5.69. The Kier molecular flexibility index (Phi) is 2.85. The highest BCUT2D eigenvalue weighted by Gasteiger charge is 2.08. The summed E-state index contributed by atoms with van der Waals surface area (Å²) in [5.41, 5.74) is 2.68. The molecule has 3 aromatic rings. The first kappa shape index (κ1) is 11.4. The molecular weight excluding hydrogens is 248 g/mol. The number of fused-ring (bicyclic) bond motifs is 1. The monoisotopic (exact) mass is 260 g/mol. The second kappa shape index (κ2) is 4.51. The summed E-state index contributed by atoms with van der Waals surface area (Å²) in [6, 6.07) is 5.87. The minimum atomic E-state index is 0.156. The molecular formula is C13H12N2O2S. The van der Waals surface area contributed by atoms with E-state index >= 15 is 0 Å². The molecule has 1 N–H and O–H groups in total. The summed E-state index contributed by atoms with van der Waals surface area (Å²) in [4.78, 5) is 9.77. The van der Waals surface area contributed by atoms with Gasteiger partial charge in [0, 0.05) is 36.6 Å². The third-order valence-corrected chi connectivity index (χ3v) is 3.76. The van der Waals surface area contributed by atoms with Crippen LogP contribution in [0.25, 0.3) is 21.7 Å². The van der Waals surface area contributed by atoms with Crippen molar-refractivity contribution < 1.29 is 9.52 Å². The van der Waals surface area contributed by atoms with Crippen molar-refractivity contribution in [3.05, 3.63) is 35.2 Å². The van der Waals surface area contributed by atoms with Crippen LogP contribution in [0.1, 0.15) is 10.8 Å². The lowest BCUT2D eigenvalue weighted by Gasteiger charge is -1.94. The van der Waals surface area contributed by atoms with Crippen LogP contribution < -0.4 is 0 Å². The number of rotatable bonds is 3.